The lowest BCUT2D eigenvalue weighted by Gasteiger charge is -2.28. The average molecular weight is 342 g/mol. The van der Waals surface area contributed by atoms with Crippen LogP contribution in [0.4, 0.5) is 5.69 Å². The van der Waals surface area contributed by atoms with Crippen LogP contribution < -0.4 is 5.56 Å². The number of nitro groups is 1. The third-order valence-electron chi connectivity index (χ3n) is 4.44. The van der Waals surface area contributed by atoms with Crippen LogP contribution in [0, 0.1) is 10.1 Å². The molecule has 132 valence electrons. The molecule has 1 aliphatic heterocycles. The van der Waals surface area contributed by atoms with Gasteiger partial charge in [0.25, 0.3) is 11.2 Å². The predicted octanol–water partition coefficient (Wildman–Crippen LogP) is 2.53. The van der Waals surface area contributed by atoms with Crippen molar-refractivity contribution in [2.24, 2.45) is 0 Å². The first kappa shape index (κ1) is 17.3. The Morgan fingerprint density at radius 2 is 2.04 bits per heavy atom. The molecule has 2 heterocycles. The standard InChI is InChI=1S/C18H22N4O3/c1-18(2,3)17-19-14-8-9-21(11-13(14)16(23)20-17)10-12-6-4-5-7-15(12)22(24)25/h4-7H,8-11H2,1-3H3,(H,19,20,23). The van der Waals surface area contributed by atoms with E-state index in [9.17, 15) is 14.9 Å². The summed E-state index contributed by atoms with van der Waals surface area (Å²) < 4.78 is 0. The molecule has 0 aliphatic carbocycles. The molecule has 1 N–H and O–H groups in total. The third kappa shape index (κ3) is 3.61. The fraction of sp³-hybridized carbons (Fsp3) is 0.444. The Morgan fingerprint density at radius 1 is 1.32 bits per heavy atom. The molecule has 0 saturated heterocycles. The monoisotopic (exact) mass is 342 g/mol. The lowest BCUT2D eigenvalue weighted by Crippen LogP contribution is -2.37. The molecule has 0 radical (unpaired) electrons. The highest BCUT2D eigenvalue weighted by atomic mass is 16.6. The van der Waals surface area contributed by atoms with Gasteiger partial charge in [-0.1, -0.05) is 39.0 Å². The summed E-state index contributed by atoms with van der Waals surface area (Å²) in [5, 5.41) is 11.2. The molecule has 0 unspecified atom stereocenters. The van der Waals surface area contributed by atoms with Crippen LogP contribution in [0.3, 0.4) is 0 Å². The Morgan fingerprint density at radius 3 is 2.72 bits per heavy atom. The van der Waals surface area contributed by atoms with E-state index in [1.165, 1.54) is 6.07 Å². The van der Waals surface area contributed by atoms with Gasteiger partial charge in [-0.2, -0.15) is 0 Å². The molecule has 1 aromatic carbocycles. The normalized spacial score (nSPS) is 15.0. The van der Waals surface area contributed by atoms with Crippen LogP contribution in [0.2, 0.25) is 0 Å². The maximum atomic E-state index is 12.5. The van der Waals surface area contributed by atoms with Gasteiger partial charge in [-0.05, 0) is 0 Å². The van der Waals surface area contributed by atoms with E-state index < -0.39 is 0 Å². The number of benzene rings is 1. The molecule has 0 fully saturated rings. The van der Waals surface area contributed by atoms with Gasteiger partial charge in [0, 0.05) is 43.1 Å². The Hall–Kier alpha value is -2.54. The van der Waals surface area contributed by atoms with Crippen molar-refractivity contribution in [2.75, 3.05) is 6.54 Å². The molecule has 7 nitrogen and oxygen atoms in total. The quantitative estimate of drug-likeness (QED) is 0.683. The molecule has 2 aromatic rings. The Balaban J connectivity index is 1.85. The number of hydrogen-bond donors (Lipinski definition) is 1. The summed E-state index contributed by atoms with van der Waals surface area (Å²) in [6.07, 6.45) is 0.670. The first-order chi connectivity index (χ1) is 11.8. The summed E-state index contributed by atoms with van der Waals surface area (Å²) in [5.41, 5.74) is 1.96. The second-order valence-corrected chi connectivity index (χ2v) is 7.44. The lowest BCUT2D eigenvalue weighted by atomic mass is 9.95. The van der Waals surface area contributed by atoms with Gasteiger partial charge in [0.1, 0.15) is 5.82 Å². The molecule has 3 rings (SSSR count). The Bertz CT molecular complexity index is 867. The van der Waals surface area contributed by atoms with Crippen molar-refractivity contribution in [3.8, 4) is 0 Å². The molecule has 0 atom stereocenters. The molecule has 1 aliphatic rings. The zero-order chi connectivity index (χ0) is 18.2. The number of H-pyrrole nitrogens is 1. The van der Waals surface area contributed by atoms with E-state index in [1.54, 1.807) is 18.2 Å². The van der Waals surface area contributed by atoms with E-state index in [4.69, 9.17) is 0 Å². The van der Waals surface area contributed by atoms with E-state index in [1.807, 2.05) is 20.8 Å². The lowest BCUT2D eigenvalue weighted by molar-refractivity contribution is -0.385. The number of nitrogens with one attached hydrogen (secondary N) is 1. The van der Waals surface area contributed by atoms with Gasteiger partial charge in [0.2, 0.25) is 0 Å². The number of fused-ring (bicyclic) bond motifs is 1. The Kier molecular flexibility index (Phi) is 4.43. The summed E-state index contributed by atoms with van der Waals surface area (Å²) in [5.74, 6) is 0.698. The largest absolute Gasteiger partial charge is 0.310 e. The number of aromatic nitrogens is 2. The van der Waals surface area contributed by atoms with Gasteiger partial charge >= 0.3 is 0 Å². The van der Waals surface area contributed by atoms with Gasteiger partial charge < -0.3 is 4.98 Å². The maximum Gasteiger partial charge on any atom is 0.273 e. The minimum atomic E-state index is -0.364. The first-order valence-corrected chi connectivity index (χ1v) is 8.33. The van der Waals surface area contributed by atoms with Crippen LogP contribution in [0.1, 0.15) is 43.4 Å². The molecule has 0 spiro atoms. The van der Waals surface area contributed by atoms with Crippen molar-refractivity contribution in [2.45, 2.75) is 45.7 Å². The zero-order valence-electron chi connectivity index (χ0n) is 14.7. The van der Waals surface area contributed by atoms with Crippen molar-refractivity contribution in [3.05, 3.63) is 67.4 Å². The maximum absolute atomic E-state index is 12.5. The second kappa shape index (κ2) is 6.40. The van der Waals surface area contributed by atoms with Crippen LogP contribution in [0.5, 0.6) is 0 Å². The fourth-order valence-electron chi connectivity index (χ4n) is 3.03. The van der Waals surface area contributed by atoms with Crippen LogP contribution in [0.25, 0.3) is 0 Å². The number of nitro benzene ring substituents is 1. The molecule has 0 bridgehead atoms. The average Bonchev–Trinajstić information content (AvgIpc) is 2.54. The third-order valence-corrected chi connectivity index (χ3v) is 4.44. The van der Waals surface area contributed by atoms with E-state index in [0.717, 1.165) is 12.2 Å². The number of hydrogen-bond acceptors (Lipinski definition) is 5. The van der Waals surface area contributed by atoms with Crippen molar-refractivity contribution >= 4 is 5.69 Å². The van der Waals surface area contributed by atoms with Crippen molar-refractivity contribution in [3.63, 3.8) is 0 Å². The first-order valence-electron chi connectivity index (χ1n) is 8.33. The molecule has 0 saturated carbocycles. The minimum Gasteiger partial charge on any atom is -0.310 e. The summed E-state index contributed by atoms with van der Waals surface area (Å²) in [7, 11) is 0. The number of rotatable bonds is 3. The summed E-state index contributed by atoms with van der Waals surface area (Å²) in [6, 6.07) is 6.73. The Labute approximate surface area is 145 Å². The van der Waals surface area contributed by atoms with E-state index in [0.29, 0.717) is 36.5 Å². The molecule has 0 amide bonds. The van der Waals surface area contributed by atoms with Gasteiger partial charge in [0.05, 0.1) is 16.2 Å². The zero-order valence-corrected chi connectivity index (χ0v) is 14.7. The molecule has 1 aromatic heterocycles. The summed E-state index contributed by atoms with van der Waals surface area (Å²) >= 11 is 0. The van der Waals surface area contributed by atoms with Gasteiger partial charge in [0.15, 0.2) is 0 Å². The number of nitrogens with zero attached hydrogens (tertiary/aromatic N) is 3. The molecular weight excluding hydrogens is 320 g/mol. The SMILES string of the molecule is CC(C)(C)c1nc2c(c(=O)[nH]1)CN(Cc1ccccc1[N+](=O)[O-])CC2. The van der Waals surface area contributed by atoms with Crippen molar-refractivity contribution in [1.82, 2.24) is 14.9 Å². The summed E-state index contributed by atoms with van der Waals surface area (Å²) in [6.45, 7) is 7.66. The van der Waals surface area contributed by atoms with Gasteiger partial charge in [-0.25, -0.2) is 4.98 Å². The van der Waals surface area contributed by atoms with Crippen LogP contribution >= 0.6 is 0 Å². The number of para-hydroxylation sites is 1. The summed E-state index contributed by atoms with van der Waals surface area (Å²) in [4.78, 5) is 32.9. The van der Waals surface area contributed by atoms with E-state index in [-0.39, 0.29) is 21.6 Å². The van der Waals surface area contributed by atoms with E-state index >= 15 is 0 Å². The van der Waals surface area contributed by atoms with Crippen molar-refractivity contribution in [1.29, 1.82) is 0 Å². The highest BCUT2D eigenvalue weighted by Crippen LogP contribution is 2.24. The van der Waals surface area contributed by atoms with E-state index in [2.05, 4.69) is 14.9 Å². The van der Waals surface area contributed by atoms with Gasteiger partial charge in [-0.3, -0.25) is 19.8 Å². The minimum absolute atomic E-state index is 0.109. The topological polar surface area (TPSA) is 92.1 Å². The molecule has 7 heteroatoms. The number of aromatic amines is 1. The van der Waals surface area contributed by atoms with Crippen LogP contribution in [-0.4, -0.2) is 26.3 Å². The highest BCUT2D eigenvalue weighted by molar-refractivity contribution is 5.39. The highest BCUT2D eigenvalue weighted by Gasteiger charge is 2.26. The fourth-order valence-corrected chi connectivity index (χ4v) is 3.03. The van der Waals surface area contributed by atoms with Crippen LogP contribution in [-0.2, 0) is 24.9 Å². The van der Waals surface area contributed by atoms with Crippen molar-refractivity contribution < 1.29 is 4.92 Å². The molecule has 25 heavy (non-hydrogen) atoms. The molecular formula is C18H22N4O3. The van der Waals surface area contributed by atoms with Gasteiger partial charge in [-0.15, -0.1) is 0 Å². The second-order valence-electron chi connectivity index (χ2n) is 7.44. The smallest absolute Gasteiger partial charge is 0.273 e. The predicted molar refractivity (Wildman–Crippen MR) is 94.5 cm³/mol. The van der Waals surface area contributed by atoms with Crippen LogP contribution in [0.15, 0.2) is 29.1 Å².